The van der Waals surface area contributed by atoms with Gasteiger partial charge in [-0.25, -0.2) is 0 Å². The van der Waals surface area contributed by atoms with E-state index >= 15 is 0 Å². The smallest absolute Gasteiger partial charge is 0.258 e. The fourth-order valence-electron chi connectivity index (χ4n) is 1.01. The quantitative estimate of drug-likeness (QED) is 0.413. The number of aryl methyl sites for hydroxylation is 1. The SMILES string of the molecule is Cc1cc(S)cc([N+](=O)[O-])c1C. The zero-order chi connectivity index (χ0) is 9.30. The molecule has 3 nitrogen and oxygen atoms in total. The van der Waals surface area contributed by atoms with Crippen LogP contribution in [-0.2, 0) is 0 Å². The lowest BCUT2D eigenvalue weighted by Gasteiger charge is -2.01. The molecular formula is C8H9NO2S. The first-order valence-electron chi connectivity index (χ1n) is 3.47. The van der Waals surface area contributed by atoms with Crippen LogP contribution in [0.1, 0.15) is 11.1 Å². The van der Waals surface area contributed by atoms with Crippen molar-refractivity contribution in [2.75, 3.05) is 0 Å². The van der Waals surface area contributed by atoms with Gasteiger partial charge in [0, 0.05) is 16.5 Å². The van der Waals surface area contributed by atoms with Gasteiger partial charge in [0.15, 0.2) is 0 Å². The lowest BCUT2D eigenvalue weighted by molar-refractivity contribution is -0.385. The first-order chi connectivity index (χ1) is 5.52. The zero-order valence-corrected chi connectivity index (χ0v) is 7.76. The second kappa shape index (κ2) is 3.15. The molecule has 0 aliphatic rings. The molecule has 0 aliphatic heterocycles. The molecule has 4 heteroatoms. The molecule has 1 rings (SSSR count). The first kappa shape index (κ1) is 9.06. The van der Waals surface area contributed by atoms with E-state index in [1.54, 1.807) is 6.92 Å². The van der Waals surface area contributed by atoms with Gasteiger partial charge < -0.3 is 0 Å². The van der Waals surface area contributed by atoms with Gasteiger partial charge in [0.2, 0.25) is 0 Å². The molecule has 0 amide bonds. The zero-order valence-electron chi connectivity index (χ0n) is 6.87. The Labute approximate surface area is 76.0 Å². The maximum Gasteiger partial charge on any atom is 0.273 e. The minimum atomic E-state index is -0.387. The van der Waals surface area contributed by atoms with Crippen molar-refractivity contribution >= 4 is 18.3 Å². The molecule has 0 saturated carbocycles. The Bertz CT molecular complexity index is 336. The van der Waals surface area contributed by atoms with Gasteiger partial charge in [-0.3, -0.25) is 10.1 Å². The van der Waals surface area contributed by atoms with Gasteiger partial charge in [-0.05, 0) is 25.5 Å². The third-order valence-corrected chi connectivity index (χ3v) is 2.08. The average Bonchev–Trinajstić information content (AvgIpc) is 1.96. The van der Waals surface area contributed by atoms with E-state index in [0.29, 0.717) is 10.5 Å². The van der Waals surface area contributed by atoms with Crippen molar-refractivity contribution in [1.29, 1.82) is 0 Å². The minimum absolute atomic E-state index is 0.139. The largest absolute Gasteiger partial charge is 0.273 e. The Morgan fingerprint density at radius 2 is 2.00 bits per heavy atom. The van der Waals surface area contributed by atoms with E-state index in [2.05, 4.69) is 12.6 Å². The van der Waals surface area contributed by atoms with Crippen molar-refractivity contribution in [3.63, 3.8) is 0 Å². The van der Waals surface area contributed by atoms with Crippen molar-refractivity contribution in [2.45, 2.75) is 18.7 Å². The highest BCUT2D eigenvalue weighted by Gasteiger charge is 2.12. The molecule has 0 N–H and O–H groups in total. The van der Waals surface area contributed by atoms with E-state index in [4.69, 9.17) is 0 Å². The van der Waals surface area contributed by atoms with Crippen LogP contribution in [-0.4, -0.2) is 4.92 Å². The van der Waals surface area contributed by atoms with Crippen molar-refractivity contribution < 1.29 is 4.92 Å². The van der Waals surface area contributed by atoms with Crippen LogP contribution in [0, 0.1) is 24.0 Å². The van der Waals surface area contributed by atoms with E-state index in [1.165, 1.54) is 6.07 Å². The van der Waals surface area contributed by atoms with Crippen molar-refractivity contribution in [2.24, 2.45) is 0 Å². The number of nitro groups is 1. The van der Waals surface area contributed by atoms with E-state index in [1.807, 2.05) is 13.0 Å². The summed E-state index contributed by atoms with van der Waals surface area (Å²) >= 11 is 4.06. The van der Waals surface area contributed by atoms with Gasteiger partial charge in [-0.1, -0.05) is 0 Å². The first-order valence-corrected chi connectivity index (χ1v) is 3.91. The predicted octanol–water partition coefficient (Wildman–Crippen LogP) is 2.50. The third kappa shape index (κ3) is 1.58. The van der Waals surface area contributed by atoms with Crippen molar-refractivity contribution in [3.05, 3.63) is 33.4 Å². The molecule has 0 unspecified atom stereocenters. The molecule has 12 heavy (non-hydrogen) atoms. The standard InChI is InChI=1S/C8H9NO2S/c1-5-3-7(12)4-8(6(5)2)9(10)11/h3-4,12H,1-2H3. The van der Waals surface area contributed by atoms with Crippen LogP contribution in [0.5, 0.6) is 0 Å². The Morgan fingerprint density at radius 3 is 2.50 bits per heavy atom. The van der Waals surface area contributed by atoms with Crippen LogP contribution < -0.4 is 0 Å². The molecular weight excluding hydrogens is 174 g/mol. The summed E-state index contributed by atoms with van der Waals surface area (Å²) in [6, 6.07) is 3.27. The molecule has 0 aromatic heterocycles. The maximum atomic E-state index is 10.5. The molecule has 0 saturated heterocycles. The molecule has 0 radical (unpaired) electrons. The minimum Gasteiger partial charge on any atom is -0.258 e. The molecule has 0 atom stereocenters. The predicted molar refractivity (Wildman–Crippen MR) is 49.8 cm³/mol. The second-order valence-electron chi connectivity index (χ2n) is 2.66. The number of benzene rings is 1. The van der Waals surface area contributed by atoms with E-state index < -0.39 is 0 Å². The molecule has 0 bridgehead atoms. The third-order valence-electron chi connectivity index (χ3n) is 1.82. The van der Waals surface area contributed by atoms with Gasteiger partial charge in [-0.2, -0.15) is 0 Å². The summed E-state index contributed by atoms with van der Waals surface area (Å²) in [5.41, 5.74) is 1.74. The van der Waals surface area contributed by atoms with Gasteiger partial charge in [-0.15, -0.1) is 12.6 Å². The van der Waals surface area contributed by atoms with Gasteiger partial charge >= 0.3 is 0 Å². The highest BCUT2D eigenvalue weighted by molar-refractivity contribution is 7.80. The highest BCUT2D eigenvalue weighted by atomic mass is 32.1. The lowest BCUT2D eigenvalue weighted by atomic mass is 10.1. The second-order valence-corrected chi connectivity index (χ2v) is 3.18. The maximum absolute atomic E-state index is 10.5. The summed E-state index contributed by atoms with van der Waals surface area (Å²) in [5, 5.41) is 10.5. The summed E-state index contributed by atoms with van der Waals surface area (Å²) in [4.78, 5) is 10.7. The lowest BCUT2D eigenvalue weighted by Crippen LogP contribution is -1.93. The van der Waals surface area contributed by atoms with Gasteiger partial charge in [0.05, 0.1) is 4.92 Å². The Morgan fingerprint density at radius 1 is 1.42 bits per heavy atom. The van der Waals surface area contributed by atoms with Crippen molar-refractivity contribution in [3.8, 4) is 0 Å². The monoisotopic (exact) mass is 183 g/mol. The van der Waals surface area contributed by atoms with Crippen LogP contribution in [0.25, 0.3) is 0 Å². The Hall–Kier alpha value is -1.03. The molecule has 0 fully saturated rings. The molecule has 64 valence electrons. The number of thiol groups is 1. The van der Waals surface area contributed by atoms with Crippen LogP contribution in [0.3, 0.4) is 0 Å². The average molecular weight is 183 g/mol. The fourth-order valence-corrected chi connectivity index (χ4v) is 1.33. The topological polar surface area (TPSA) is 43.1 Å². The molecule has 1 aromatic rings. The summed E-state index contributed by atoms with van der Waals surface area (Å²) < 4.78 is 0. The number of nitro benzene ring substituents is 1. The summed E-state index contributed by atoms with van der Waals surface area (Å²) in [5.74, 6) is 0. The number of hydrogen-bond acceptors (Lipinski definition) is 3. The Balaban J connectivity index is 3.37. The molecule has 0 spiro atoms. The van der Waals surface area contributed by atoms with E-state index in [0.717, 1.165) is 5.56 Å². The number of rotatable bonds is 1. The van der Waals surface area contributed by atoms with E-state index in [-0.39, 0.29) is 10.6 Å². The van der Waals surface area contributed by atoms with Crippen LogP contribution >= 0.6 is 12.6 Å². The summed E-state index contributed by atoms with van der Waals surface area (Å²) in [6.07, 6.45) is 0. The van der Waals surface area contributed by atoms with E-state index in [9.17, 15) is 10.1 Å². The number of nitrogens with zero attached hydrogens (tertiary/aromatic N) is 1. The molecule has 1 aromatic carbocycles. The fraction of sp³-hybridized carbons (Fsp3) is 0.250. The summed E-state index contributed by atoms with van der Waals surface area (Å²) in [7, 11) is 0. The van der Waals surface area contributed by atoms with Crippen LogP contribution in [0.4, 0.5) is 5.69 Å². The number of hydrogen-bond donors (Lipinski definition) is 1. The highest BCUT2D eigenvalue weighted by Crippen LogP contribution is 2.24. The summed E-state index contributed by atoms with van der Waals surface area (Å²) in [6.45, 7) is 3.57. The molecule has 0 aliphatic carbocycles. The molecule has 0 heterocycles. The van der Waals surface area contributed by atoms with Crippen LogP contribution in [0.2, 0.25) is 0 Å². The van der Waals surface area contributed by atoms with Gasteiger partial charge in [0.1, 0.15) is 0 Å². The van der Waals surface area contributed by atoms with Crippen LogP contribution in [0.15, 0.2) is 17.0 Å². The normalized spacial score (nSPS) is 9.92. The van der Waals surface area contributed by atoms with Crippen molar-refractivity contribution in [1.82, 2.24) is 0 Å². The Kier molecular flexibility index (Phi) is 2.38. The van der Waals surface area contributed by atoms with Gasteiger partial charge in [0.25, 0.3) is 5.69 Å².